The maximum Gasteiger partial charge on any atom is 0.253 e. The Labute approximate surface area is 127 Å². The Kier molecular flexibility index (Phi) is 4.67. The van der Waals surface area contributed by atoms with Crippen molar-refractivity contribution in [3.05, 3.63) is 35.4 Å². The number of amides is 1. The zero-order valence-corrected chi connectivity index (χ0v) is 13.2. The molecule has 0 N–H and O–H groups in total. The van der Waals surface area contributed by atoms with Gasteiger partial charge >= 0.3 is 0 Å². The van der Waals surface area contributed by atoms with Gasteiger partial charge in [0.1, 0.15) is 0 Å². The molecule has 1 aliphatic rings. The molecule has 1 saturated heterocycles. The van der Waals surface area contributed by atoms with Gasteiger partial charge < -0.3 is 4.90 Å². The maximum atomic E-state index is 12.6. The van der Waals surface area contributed by atoms with E-state index in [2.05, 4.69) is 26.8 Å². The van der Waals surface area contributed by atoms with E-state index in [9.17, 15) is 4.79 Å². The first-order valence-corrected chi connectivity index (χ1v) is 7.71. The molecule has 1 amide bonds. The second kappa shape index (κ2) is 6.30. The van der Waals surface area contributed by atoms with E-state index in [4.69, 9.17) is 5.26 Å². The predicted octanol–water partition coefficient (Wildman–Crippen LogP) is 3.85. The van der Waals surface area contributed by atoms with Crippen molar-refractivity contribution < 1.29 is 4.79 Å². The Morgan fingerprint density at radius 2 is 2.05 bits per heavy atom. The van der Waals surface area contributed by atoms with Crippen molar-refractivity contribution in [3.63, 3.8) is 0 Å². The van der Waals surface area contributed by atoms with Gasteiger partial charge in [-0.2, -0.15) is 5.26 Å². The Morgan fingerprint density at radius 3 is 2.71 bits per heavy atom. The SMILES string of the molecule is CC(C)(C)C1CCCN(C(=O)c2cccc(C#N)c2)CC1. The summed E-state index contributed by atoms with van der Waals surface area (Å²) in [6.45, 7) is 8.49. The van der Waals surface area contributed by atoms with Crippen molar-refractivity contribution in [2.75, 3.05) is 13.1 Å². The molecule has 2 rings (SSSR count). The molecule has 0 radical (unpaired) electrons. The molecule has 0 spiro atoms. The van der Waals surface area contributed by atoms with Gasteiger partial charge in [0, 0.05) is 18.7 Å². The number of benzene rings is 1. The number of nitriles is 1. The van der Waals surface area contributed by atoms with Crippen LogP contribution in [0.2, 0.25) is 0 Å². The minimum absolute atomic E-state index is 0.0571. The predicted molar refractivity (Wildman–Crippen MR) is 83.9 cm³/mol. The maximum absolute atomic E-state index is 12.6. The summed E-state index contributed by atoms with van der Waals surface area (Å²) in [5.41, 5.74) is 1.48. The zero-order chi connectivity index (χ0) is 15.5. The van der Waals surface area contributed by atoms with Gasteiger partial charge in [0.15, 0.2) is 0 Å². The van der Waals surface area contributed by atoms with E-state index in [1.165, 1.54) is 6.42 Å². The lowest BCUT2D eigenvalue weighted by molar-refractivity contribution is 0.0755. The highest BCUT2D eigenvalue weighted by Gasteiger charge is 2.28. The van der Waals surface area contributed by atoms with Crippen LogP contribution < -0.4 is 0 Å². The van der Waals surface area contributed by atoms with E-state index in [0.717, 1.165) is 25.9 Å². The summed E-state index contributed by atoms with van der Waals surface area (Å²) in [6, 6.07) is 9.09. The number of carbonyl (C=O) groups excluding carboxylic acids is 1. The van der Waals surface area contributed by atoms with Crippen molar-refractivity contribution in [2.45, 2.75) is 40.0 Å². The first kappa shape index (κ1) is 15.6. The van der Waals surface area contributed by atoms with Crippen molar-refractivity contribution in [3.8, 4) is 6.07 Å². The minimum Gasteiger partial charge on any atom is -0.339 e. The molecular weight excluding hydrogens is 260 g/mol. The van der Waals surface area contributed by atoms with E-state index in [1.807, 2.05) is 4.90 Å². The highest BCUT2D eigenvalue weighted by molar-refractivity contribution is 5.94. The van der Waals surface area contributed by atoms with E-state index >= 15 is 0 Å². The summed E-state index contributed by atoms with van der Waals surface area (Å²) in [6.07, 6.45) is 3.31. The summed E-state index contributed by atoms with van der Waals surface area (Å²) >= 11 is 0. The molecule has 3 nitrogen and oxygen atoms in total. The second-order valence-electron chi connectivity index (χ2n) is 6.98. The number of carbonyl (C=O) groups is 1. The summed E-state index contributed by atoms with van der Waals surface area (Å²) in [7, 11) is 0. The quantitative estimate of drug-likeness (QED) is 0.786. The third-order valence-electron chi connectivity index (χ3n) is 4.48. The van der Waals surface area contributed by atoms with Crippen LogP contribution in [0.3, 0.4) is 0 Å². The summed E-state index contributed by atoms with van der Waals surface area (Å²) in [5.74, 6) is 0.724. The van der Waals surface area contributed by atoms with Crippen LogP contribution in [0.15, 0.2) is 24.3 Å². The molecule has 112 valence electrons. The number of rotatable bonds is 1. The number of nitrogens with zero attached hydrogens (tertiary/aromatic N) is 2. The highest BCUT2D eigenvalue weighted by atomic mass is 16.2. The van der Waals surface area contributed by atoms with Gasteiger partial charge in [0.2, 0.25) is 0 Å². The lowest BCUT2D eigenvalue weighted by Crippen LogP contribution is -2.32. The number of hydrogen-bond donors (Lipinski definition) is 0. The molecular formula is C18H24N2O. The highest BCUT2D eigenvalue weighted by Crippen LogP contribution is 2.34. The van der Waals surface area contributed by atoms with Gasteiger partial charge in [-0.25, -0.2) is 0 Å². The fourth-order valence-electron chi connectivity index (χ4n) is 3.07. The van der Waals surface area contributed by atoms with Gasteiger partial charge in [0.05, 0.1) is 11.6 Å². The third-order valence-corrected chi connectivity index (χ3v) is 4.48. The molecule has 0 aliphatic carbocycles. The van der Waals surface area contributed by atoms with Crippen LogP contribution >= 0.6 is 0 Å². The first-order valence-electron chi connectivity index (χ1n) is 7.71. The molecule has 1 aromatic carbocycles. The molecule has 1 aromatic rings. The van der Waals surface area contributed by atoms with Crippen LogP contribution in [0, 0.1) is 22.7 Å². The van der Waals surface area contributed by atoms with Crippen molar-refractivity contribution in [1.82, 2.24) is 4.90 Å². The standard InChI is InChI=1S/C18H24N2O/c1-18(2,3)16-8-5-10-20(11-9-16)17(21)15-7-4-6-14(12-15)13-19/h4,6-7,12,16H,5,8-11H2,1-3H3. The van der Waals surface area contributed by atoms with Crippen LogP contribution in [-0.4, -0.2) is 23.9 Å². The Morgan fingerprint density at radius 1 is 1.29 bits per heavy atom. The average molecular weight is 284 g/mol. The van der Waals surface area contributed by atoms with Crippen LogP contribution in [0.4, 0.5) is 0 Å². The third kappa shape index (κ3) is 3.85. The largest absolute Gasteiger partial charge is 0.339 e. The average Bonchev–Trinajstić information content (AvgIpc) is 2.72. The van der Waals surface area contributed by atoms with Crippen LogP contribution in [0.1, 0.15) is 56.0 Å². The number of hydrogen-bond acceptors (Lipinski definition) is 2. The van der Waals surface area contributed by atoms with Crippen molar-refractivity contribution in [1.29, 1.82) is 5.26 Å². The molecule has 1 heterocycles. The van der Waals surface area contributed by atoms with Crippen molar-refractivity contribution in [2.24, 2.45) is 11.3 Å². The smallest absolute Gasteiger partial charge is 0.253 e. The van der Waals surface area contributed by atoms with Crippen LogP contribution in [-0.2, 0) is 0 Å². The topological polar surface area (TPSA) is 44.1 Å². The molecule has 3 heteroatoms. The lowest BCUT2D eigenvalue weighted by atomic mass is 9.77. The minimum atomic E-state index is 0.0571. The van der Waals surface area contributed by atoms with E-state index in [1.54, 1.807) is 24.3 Å². The Balaban J connectivity index is 2.08. The van der Waals surface area contributed by atoms with Crippen molar-refractivity contribution >= 4 is 5.91 Å². The molecule has 0 saturated carbocycles. The van der Waals surface area contributed by atoms with Gasteiger partial charge in [-0.3, -0.25) is 4.79 Å². The van der Waals surface area contributed by atoms with E-state index < -0.39 is 0 Å². The van der Waals surface area contributed by atoms with Gasteiger partial charge in [-0.1, -0.05) is 26.8 Å². The van der Waals surface area contributed by atoms with Crippen LogP contribution in [0.25, 0.3) is 0 Å². The molecule has 1 atom stereocenters. The van der Waals surface area contributed by atoms with Gasteiger partial charge in [0.25, 0.3) is 5.91 Å². The summed E-state index contributed by atoms with van der Waals surface area (Å²) in [4.78, 5) is 14.5. The first-order chi connectivity index (χ1) is 9.91. The van der Waals surface area contributed by atoms with Gasteiger partial charge in [-0.05, 0) is 48.8 Å². The molecule has 1 aliphatic heterocycles. The monoisotopic (exact) mass is 284 g/mol. The number of likely N-dealkylation sites (tertiary alicyclic amines) is 1. The normalized spacial score (nSPS) is 19.7. The van der Waals surface area contributed by atoms with E-state index in [0.29, 0.717) is 22.5 Å². The van der Waals surface area contributed by atoms with Crippen LogP contribution in [0.5, 0.6) is 0 Å². The zero-order valence-electron chi connectivity index (χ0n) is 13.2. The summed E-state index contributed by atoms with van der Waals surface area (Å²) < 4.78 is 0. The molecule has 1 fully saturated rings. The fraction of sp³-hybridized carbons (Fsp3) is 0.556. The lowest BCUT2D eigenvalue weighted by Gasteiger charge is -2.29. The Hall–Kier alpha value is -1.82. The fourth-order valence-corrected chi connectivity index (χ4v) is 3.07. The molecule has 21 heavy (non-hydrogen) atoms. The van der Waals surface area contributed by atoms with Gasteiger partial charge in [-0.15, -0.1) is 0 Å². The molecule has 0 bridgehead atoms. The van der Waals surface area contributed by atoms with E-state index in [-0.39, 0.29) is 5.91 Å². The second-order valence-corrected chi connectivity index (χ2v) is 6.98. The summed E-state index contributed by atoms with van der Waals surface area (Å²) in [5, 5.41) is 8.95. The Bertz CT molecular complexity index is 551. The molecule has 1 unspecified atom stereocenters. The molecule has 0 aromatic heterocycles.